The molecule has 20 heavy (non-hydrogen) atoms. The van der Waals surface area contributed by atoms with E-state index in [1.807, 2.05) is 0 Å². The standard InChI is InChI=1S/C11H17ClN4O2S.ClH/c1-15-11(9(12)4-14-15)19(17,18)16-5-7-2-3-10(13)8(7)6-16;/h4,7-8,10H,2-3,5-6,13H2,1H3;1H. The van der Waals surface area contributed by atoms with Crippen molar-refractivity contribution in [1.82, 2.24) is 14.1 Å². The molecule has 1 aliphatic carbocycles. The van der Waals surface area contributed by atoms with E-state index in [1.165, 1.54) is 15.2 Å². The van der Waals surface area contributed by atoms with E-state index in [-0.39, 0.29) is 34.4 Å². The summed E-state index contributed by atoms with van der Waals surface area (Å²) in [5.74, 6) is 0.665. The Bertz CT molecular complexity index is 584. The maximum Gasteiger partial charge on any atom is 0.261 e. The number of aromatic nitrogens is 2. The Hall–Kier alpha value is -0.340. The normalized spacial score (nSPS) is 30.2. The molecular formula is C11H18Cl2N4O2S. The summed E-state index contributed by atoms with van der Waals surface area (Å²) in [6, 6.07) is 0.118. The van der Waals surface area contributed by atoms with Crippen molar-refractivity contribution in [3.63, 3.8) is 0 Å². The monoisotopic (exact) mass is 340 g/mol. The number of hydrogen-bond acceptors (Lipinski definition) is 4. The van der Waals surface area contributed by atoms with Gasteiger partial charge in [0.05, 0.1) is 11.2 Å². The van der Waals surface area contributed by atoms with Crippen molar-refractivity contribution in [2.45, 2.75) is 23.9 Å². The summed E-state index contributed by atoms with van der Waals surface area (Å²) in [6.07, 6.45) is 3.36. The molecule has 1 saturated carbocycles. The first kappa shape index (κ1) is 16.0. The minimum Gasteiger partial charge on any atom is -0.327 e. The first-order valence-electron chi connectivity index (χ1n) is 6.34. The van der Waals surface area contributed by atoms with Gasteiger partial charge in [-0.05, 0) is 24.7 Å². The van der Waals surface area contributed by atoms with Crippen LogP contribution in [-0.2, 0) is 17.1 Å². The number of halogens is 2. The van der Waals surface area contributed by atoms with E-state index in [1.54, 1.807) is 7.05 Å². The minimum absolute atomic E-state index is 0. The van der Waals surface area contributed by atoms with Gasteiger partial charge < -0.3 is 5.73 Å². The molecule has 1 saturated heterocycles. The van der Waals surface area contributed by atoms with E-state index in [2.05, 4.69) is 5.10 Å². The van der Waals surface area contributed by atoms with Gasteiger partial charge in [0.25, 0.3) is 10.0 Å². The van der Waals surface area contributed by atoms with Crippen molar-refractivity contribution in [2.75, 3.05) is 13.1 Å². The molecule has 0 amide bonds. The van der Waals surface area contributed by atoms with Gasteiger partial charge in [-0.2, -0.15) is 9.40 Å². The number of sulfonamides is 1. The molecule has 0 spiro atoms. The van der Waals surface area contributed by atoms with Crippen LogP contribution in [0.15, 0.2) is 11.2 Å². The zero-order valence-corrected chi connectivity index (χ0v) is 13.5. The van der Waals surface area contributed by atoms with Crippen molar-refractivity contribution in [3.8, 4) is 0 Å². The average molecular weight is 341 g/mol. The third-order valence-corrected chi connectivity index (χ3v) is 6.65. The lowest BCUT2D eigenvalue weighted by atomic mass is 9.98. The lowest BCUT2D eigenvalue weighted by Gasteiger charge is -2.18. The molecule has 6 nitrogen and oxygen atoms in total. The largest absolute Gasteiger partial charge is 0.327 e. The molecule has 114 valence electrons. The van der Waals surface area contributed by atoms with Crippen LogP contribution >= 0.6 is 24.0 Å². The van der Waals surface area contributed by atoms with E-state index in [9.17, 15) is 8.42 Å². The van der Waals surface area contributed by atoms with Crippen LogP contribution in [0.4, 0.5) is 0 Å². The molecule has 1 aromatic heterocycles. The van der Waals surface area contributed by atoms with Crippen LogP contribution in [0.5, 0.6) is 0 Å². The summed E-state index contributed by atoms with van der Waals surface area (Å²) in [5.41, 5.74) is 6.04. The predicted octanol–water partition coefficient (Wildman–Crippen LogP) is 0.853. The van der Waals surface area contributed by atoms with Gasteiger partial charge in [-0.25, -0.2) is 8.42 Å². The number of rotatable bonds is 2. The predicted molar refractivity (Wildman–Crippen MR) is 78.4 cm³/mol. The molecule has 3 unspecified atom stereocenters. The first-order chi connectivity index (χ1) is 8.91. The number of nitrogens with two attached hydrogens (primary N) is 1. The maximum atomic E-state index is 12.6. The minimum atomic E-state index is -3.58. The summed E-state index contributed by atoms with van der Waals surface area (Å²) >= 11 is 5.94. The Morgan fingerprint density at radius 3 is 2.65 bits per heavy atom. The molecule has 2 fully saturated rings. The van der Waals surface area contributed by atoms with Crippen molar-refractivity contribution in [2.24, 2.45) is 24.6 Å². The average Bonchev–Trinajstić information content (AvgIpc) is 2.97. The molecule has 0 aromatic carbocycles. The van der Waals surface area contributed by atoms with E-state index < -0.39 is 10.0 Å². The Balaban J connectivity index is 0.00000147. The van der Waals surface area contributed by atoms with Crippen LogP contribution < -0.4 is 5.73 Å². The van der Waals surface area contributed by atoms with Crippen molar-refractivity contribution >= 4 is 34.0 Å². The van der Waals surface area contributed by atoms with Gasteiger partial charge in [0.1, 0.15) is 0 Å². The van der Waals surface area contributed by atoms with Crippen LogP contribution in [-0.4, -0.2) is 41.6 Å². The lowest BCUT2D eigenvalue weighted by Crippen LogP contribution is -2.34. The summed E-state index contributed by atoms with van der Waals surface area (Å²) < 4.78 is 28.0. The molecule has 2 aliphatic rings. The van der Waals surface area contributed by atoms with Crippen LogP contribution in [0.3, 0.4) is 0 Å². The number of hydrogen-bond donors (Lipinski definition) is 1. The summed E-state index contributed by atoms with van der Waals surface area (Å²) in [7, 11) is -1.99. The SMILES string of the molecule is Cl.Cn1ncc(Cl)c1S(=O)(=O)N1CC2CCC(N)C2C1. The Labute approximate surface area is 129 Å². The van der Waals surface area contributed by atoms with Crippen molar-refractivity contribution in [1.29, 1.82) is 0 Å². The zero-order valence-electron chi connectivity index (χ0n) is 11.1. The highest BCUT2D eigenvalue weighted by Crippen LogP contribution is 2.39. The van der Waals surface area contributed by atoms with Gasteiger partial charge in [-0.3, -0.25) is 4.68 Å². The first-order valence-corrected chi connectivity index (χ1v) is 8.16. The summed E-state index contributed by atoms with van der Waals surface area (Å²) in [5, 5.41) is 4.14. The Morgan fingerprint density at radius 2 is 2.10 bits per heavy atom. The Kier molecular flexibility index (Phi) is 4.37. The quantitative estimate of drug-likeness (QED) is 0.865. The highest BCUT2D eigenvalue weighted by atomic mass is 35.5. The van der Waals surface area contributed by atoms with Crippen LogP contribution in [0, 0.1) is 11.8 Å². The van der Waals surface area contributed by atoms with Gasteiger partial charge in [0.15, 0.2) is 5.03 Å². The van der Waals surface area contributed by atoms with Gasteiger partial charge in [-0.1, -0.05) is 11.6 Å². The molecule has 0 radical (unpaired) electrons. The number of fused-ring (bicyclic) bond motifs is 1. The molecule has 2 heterocycles. The lowest BCUT2D eigenvalue weighted by molar-refractivity contribution is 0.422. The van der Waals surface area contributed by atoms with Gasteiger partial charge in [0, 0.05) is 26.2 Å². The van der Waals surface area contributed by atoms with Gasteiger partial charge in [0.2, 0.25) is 0 Å². The van der Waals surface area contributed by atoms with Crippen LogP contribution in [0.2, 0.25) is 5.02 Å². The molecular weight excluding hydrogens is 323 g/mol. The van der Waals surface area contributed by atoms with Gasteiger partial charge >= 0.3 is 0 Å². The van der Waals surface area contributed by atoms with E-state index >= 15 is 0 Å². The molecule has 2 N–H and O–H groups in total. The summed E-state index contributed by atoms with van der Waals surface area (Å²) in [4.78, 5) is 0. The van der Waals surface area contributed by atoms with Crippen LogP contribution in [0.25, 0.3) is 0 Å². The fourth-order valence-corrected chi connectivity index (χ4v) is 5.41. The molecule has 1 aliphatic heterocycles. The van der Waals surface area contributed by atoms with Crippen LogP contribution in [0.1, 0.15) is 12.8 Å². The van der Waals surface area contributed by atoms with Crippen molar-refractivity contribution < 1.29 is 8.42 Å². The van der Waals surface area contributed by atoms with E-state index in [0.29, 0.717) is 19.0 Å². The van der Waals surface area contributed by atoms with Crippen molar-refractivity contribution in [3.05, 3.63) is 11.2 Å². The molecule has 3 rings (SSSR count). The highest BCUT2D eigenvalue weighted by molar-refractivity contribution is 7.89. The molecule has 1 aromatic rings. The van der Waals surface area contributed by atoms with E-state index in [0.717, 1.165) is 12.8 Å². The number of aryl methyl sites for hydroxylation is 1. The second-order valence-corrected chi connectivity index (χ2v) is 7.67. The zero-order chi connectivity index (χ0) is 13.8. The molecule has 3 atom stereocenters. The third kappa shape index (κ3) is 2.35. The fraction of sp³-hybridized carbons (Fsp3) is 0.727. The highest BCUT2D eigenvalue weighted by Gasteiger charge is 2.46. The smallest absolute Gasteiger partial charge is 0.261 e. The summed E-state index contributed by atoms with van der Waals surface area (Å²) in [6.45, 7) is 1.04. The second kappa shape index (κ2) is 5.46. The van der Waals surface area contributed by atoms with Gasteiger partial charge in [-0.15, -0.1) is 12.4 Å². The molecule has 9 heteroatoms. The molecule has 0 bridgehead atoms. The second-order valence-electron chi connectivity index (χ2n) is 5.41. The third-order valence-electron chi connectivity index (χ3n) is 4.31. The Morgan fingerprint density at radius 1 is 1.40 bits per heavy atom. The number of nitrogens with zero attached hydrogens (tertiary/aromatic N) is 3. The fourth-order valence-electron chi connectivity index (χ4n) is 3.27. The maximum absolute atomic E-state index is 12.6. The van der Waals surface area contributed by atoms with E-state index in [4.69, 9.17) is 17.3 Å². The topological polar surface area (TPSA) is 81.2 Å².